The number of aromatic carboxylic acids is 1. The van der Waals surface area contributed by atoms with Crippen LogP contribution < -0.4 is 4.74 Å². The molecule has 0 amide bonds. The van der Waals surface area contributed by atoms with E-state index in [1.54, 1.807) is 13.2 Å². The number of aromatic amines is 1. The molecule has 19 heavy (non-hydrogen) atoms. The van der Waals surface area contributed by atoms with E-state index in [-0.39, 0.29) is 11.5 Å². The molecule has 0 aliphatic rings. The molecular formula is C14H18N2O3. The number of nitrogens with zero attached hydrogens (tertiary/aromatic N) is 1. The predicted octanol–water partition coefficient (Wildman–Crippen LogP) is 2.85. The Hall–Kier alpha value is -2.17. The fourth-order valence-corrected chi connectivity index (χ4v) is 2.08. The smallest absolute Gasteiger partial charge is 0.337 e. The molecule has 102 valence electrons. The van der Waals surface area contributed by atoms with Gasteiger partial charge in [0, 0.05) is 25.1 Å². The molecule has 5 nitrogen and oxygen atoms in total. The molecular weight excluding hydrogens is 244 g/mol. The van der Waals surface area contributed by atoms with Gasteiger partial charge in [0.1, 0.15) is 5.75 Å². The number of rotatable bonds is 4. The molecule has 0 aliphatic heterocycles. The minimum absolute atomic E-state index is 0.238. The Labute approximate surface area is 111 Å². The van der Waals surface area contributed by atoms with E-state index in [0.29, 0.717) is 11.4 Å². The summed E-state index contributed by atoms with van der Waals surface area (Å²) in [7, 11) is 3.45. The molecule has 2 rings (SSSR count). The number of carboxylic acid groups (broad SMARTS) is 1. The monoisotopic (exact) mass is 262 g/mol. The fourth-order valence-electron chi connectivity index (χ4n) is 2.08. The van der Waals surface area contributed by atoms with E-state index in [2.05, 4.69) is 4.98 Å². The summed E-state index contributed by atoms with van der Waals surface area (Å²) >= 11 is 0. The van der Waals surface area contributed by atoms with Gasteiger partial charge < -0.3 is 19.4 Å². The minimum Gasteiger partial charge on any atom is -0.494 e. The Morgan fingerprint density at radius 1 is 1.42 bits per heavy atom. The van der Waals surface area contributed by atoms with Crippen LogP contribution in [-0.2, 0) is 7.05 Å². The van der Waals surface area contributed by atoms with Crippen LogP contribution in [0.2, 0.25) is 0 Å². The zero-order valence-corrected chi connectivity index (χ0v) is 11.5. The summed E-state index contributed by atoms with van der Waals surface area (Å²) in [4.78, 5) is 14.6. The summed E-state index contributed by atoms with van der Waals surface area (Å²) in [6, 6.07) is 1.69. The number of nitrogens with one attached hydrogen (secondary N) is 1. The zero-order valence-electron chi connectivity index (χ0n) is 11.5. The van der Waals surface area contributed by atoms with Gasteiger partial charge in [-0.3, -0.25) is 0 Å². The first kappa shape index (κ1) is 13.3. The maximum atomic E-state index is 11.4. The lowest BCUT2D eigenvalue weighted by atomic mass is 10.1. The maximum absolute atomic E-state index is 11.4. The van der Waals surface area contributed by atoms with Gasteiger partial charge >= 0.3 is 5.97 Å². The van der Waals surface area contributed by atoms with Crippen molar-refractivity contribution < 1.29 is 14.6 Å². The van der Waals surface area contributed by atoms with Crippen LogP contribution in [-0.4, -0.2) is 27.7 Å². The van der Waals surface area contributed by atoms with E-state index in [4.69, 9.17) is 4.74 Å². The van der Waals surface area contributed by atoms with Crippen molar-refractivity contribution in [3.63, 3.8) is 0 Å². The number of aromatic nitrogens is 2. The zero-order chi connectivity index (χ0) is 14.2. The van der Waals surface area contributed by atoms with Gasteiger partial charge in [-0.25, -0.2) is 4.79 Å². The molecule has 2 aromatic rings. The first-order valence-electron chi connectivity index (χ1n) is 6.10. The number of ether oxygens (including phenoxy) is 1. The number of carboxylic acids is 1. The van der Waals surface area contributed by atoms with Crippen LogP contribution in [0.4, 0.5) is 0 Å². The second kappa shape index (κ2) is 4.84. The highest BCUT2D eigenvalue weighted by Gasteiger charge is 2.20. The molecule has 0 saturated carbocycles. The van der Waals surface area contributed by atoms with Gasteiger partial charge in [0.25, 0.3) is 0 Å². The summed E-state index contributed by atoms with van der Waals surface area (Å²) in [5.74, 6) is -0.0484. The first-order valence-corrected chi connectivity index (χ1v) is 6.10. The SMILES string of the molecule is COc1cn(C)cc1-c1[nH]c(C(C)C)cc1C(=O)O. The van der Waals surface area contributed by atoms with E-state index in [0.717, 1.165) is 11.3 Å². The molecule has 0 fully saturated rings. The molecule has 2 aromatic heterocycles. The van der Waals surface area contributed by atoms with Gasteiger partial charge in [0.15, 0.2) is 0 Å². The van der Waals surface area contributed by atoms with Gasteiger partial charge in [-0.1, -0.05) is 13.8 Å². The van der Waals surface area contributed by atoms with Crippen LogP contribution in [0.25, 0.3) is 11.3 Å². The maximum Gasteiger partial charge on any atom is 0.337 e. The molecule has 0 saturated heterocycles. The van der Waals surface area contributed by atoms with Gasteiger partial charge in [0.2, 0.25) is 0 Å². The second-order valence-corrected chi connectivity index (χ2v) is 4.88. The third-order valence-corrected chi connectivity index (χ3v) is 3.10. The number of methoxy groups -OCH3 is 1. The van der Waals surface area contributed by atoms with E-state index in [1.165, 1.54) is 0 Å². The number of carbonyl (C=O) groups is 1. The van der Waals surface area contributed by atoms with Crippen LogP contribution in [0.5, 0.6) is 5.75 Å². The van der Waals surface area contributed by atoms with Crippen LogP contribution in [0.3, 0.4) is 0 Å². The molecule has 0 aromatic carbocycles. The van der Waals surface area contributed by atoms with Crippen molar-refractivity contribution in [2.75, 3.05) is 7.11 Å². The van der Waals surface area contributed by atoms with Crippen LogP contribution in [0.15, 0.2) is 18.5 Å². The summed E-state index contributed by atoms with van der Waals surface area (Å²) in [5.41, 5.74) is 2.52. The van der Waals surface area contributed by atoms with E-state index in [9.17, 15) is 9.90 Å². The molecule has 0 unspecified atom stereocenters. The molecule has 5 heteroatoms. The van der Waals surface area contributed by atoms with Crippen molar-refractivity contribution in [1.82, 2.24) is 9.55 Å². The first-order chi connectivity index (χ1) is 8.93. The largest absolute Gasteiger partial charge is 0.494 e. The van der Waals surface area contributed by atoms with Gasteiger partial charge in [-0.05, 0) is 12.0 Å². The van der Waals surface area contributed by atoms with Gasteiger partial charge in [0.05, 0.1) is 23.9 Å². The van der Waals surface area contributed by atoms with Crippen molar-refractivity contribution in [1.29, 1.82) is 0 Å². The fraction of sp³-hybridized carbons (Fsp3) is 0.357. The Kier molecular flexibility index (Phi) is 3.38. The second-order valence-electron chi connectivity index (χ2n) is 4.88. The predicted molar refractivity (Wildman–Crippen MR) is 72.8 cm³/mol. The lowest BCUT2D eigenvalue weighted by molar-refractivity contribution is 0.0698. The molecule has 0 aliphatic carbocycles. The highest BCUT2D eigenvalue weighted by molar-refractivity contribution is 5.96. The van der Waals surface area contributed by atoms with Crippen molar-refractivity contribution >= 4 is 5.97 Å². The summed E-state index contributed by atoms with van der Waals surface area (Å²) < 4.78 is 7.13. The van der Waals surface area contributed by atoms with Crippen molar-refractivity contribution in [3.05, 3.63) is 29.7 Å². The third-order valence-electron chi connectivity index (χ3n) is 3.10. The van der Waals surface area contributed by atoms with Crippen molar-refractivity contribution in [2.24, 2.45) is 7.05 Å². The standard InChI is InChI=1S/C14H18N2O3/c1-8(2)11-5-9(14(17)18)13(15-11)10-6-16(3)7-12(10)19-4/h5-8,15H,1-4H3,(H,17,18). The van der Waals surface area contributed by atoms with Gasteiger partial charge in [-0.15, -0.1) is 0 Å². The van der Waals surface area contributed by atoms with Crippen LogP contribution in [0, 0.1) is 0 Å². The quantitative estimate of drug-likeness (QED) is 0.890. The number of hydrogen-bond acceptors (Lipinski definition) is 2. The van der Waals surface area contributed by atoms with Crippen molar-refractivity contribution in [2.45, 2.75) is 19.8 Å². The van der Waals surface area contributed by atoms with Gasteiger partial charge in [-0.2, -0.15) is 0 Å². The molecule has 2 N–H and O–H groups in total. The molecule has 0 bridgehead atoms. The van der Waals surface area contributed by atoms with E-state index in [1.807, 2.05) is 37.9 Å². The molecule has 2 heterocycles. The Balaban J connectivity index is 2.62. The number of aryl methyl sites for hydroxylation is 1. The summed E-state index contributed by atoms with van der Waals surface area (Å²) in [6.07, 6.45) is 3.66. The highest BCUT2D eigenvalue weighted by atomic mass is 16.5. The highest BCUT2D eigenvalue weighted by Crippen LogP contribution is 2.34. The lowest BCUT2D eigenvalue weighted by Gasteiger charge is -2.03. The number of H-pyrrole nitrogens is 1. The number of hydrogen-bond donors (Lipinski definition) is 2. The Morgan fingerprint density at radius 3 is 2.63 bits per heavy atom. The summed E-state index contributed by atoms with van der Waals surface area (Å²) in [6.45, 7) is 4.03. The Bertz CT molecular complexity index is 608. The van der Waals surface area contributed by atoms with Crippen molar-refractivity contribution in [3.8, 4) is 17.0 Å². The molecule has 0 atom stereocenters. The Morgan fingerprint density at radius 2 is 2.11 bits per heavy atom. The van der Waals surface area contributed by atoms with E-state index < -0.39 is 5.97 Å². The average molecular weight is 262 g/mol. The third kappa shape index (κ3) is 2.36. The minimum atomic E-state index is -0.941. The lowest BCUT2D eigenvalue weighted by Crippen LogP contribution is -1.97. The topological polar surface area (TPSA) is 67.2 Å². The molecule has 0 spiro atoms. The molecule has 0 radical (unpaired) electrons. The van der Waals surface area contributed by atoms with Crippen LogP contribution in [0.1, 0.15) is 35.8 Å². The van der Waals surface area contributed by atoms with E-state index >= 15 is 0 Å². The van der Waals surface area contributed by atoms with Crippen LogP contribution >= 0.6 is 0 Å². The summed E-state index contributed by atoms with van der Waals surface area (Å²) in [5, 5.41) is 9.32. The average Bonchev–Trinajstić information content (AvgIpc) is 2.91. The normalized spacial score (nSPS) is 11.0.